The largest absolute Gasteiger partial charge is 0.487 e. The van der Waals surface area contributed by atoms with Crippen LogP contribution in [0.25, 0.3) is 21.8 Å². The Morgan fingerprint density at radius 2 is 1.70 bits per heavy atom. The number of rotatable bonds is 11. The standard InChI is InChI=1S/C34H26FN3O6/c35-28-15-23(13-24(16-28)20-44-38(41)42)18-37-19-27(14-22-5-7-26(8-6-22)34(39)40)31-17-30(11-12-33(31)37)43-21-29-10-9-25-3-1-2-4-32(25)36-29/h1-13,15-17,19H,14,18,20-21H2,(H,39,40). The molecule has 2 heterocycles. The molecule has 0 aliphatic rings. The summed E-state index contributed by atoms with van der Waals surface area (Å²) in [5, 5.41) is 21.0. The summed E-state index contributed by atoms with van der Waals surface area (Å²) in [4.78, 5) is 31.1. The minimum Gasteiger partial charge on any atom is -0.487 e. The van der Waals surface area contributed by atoms with Crippen LogP contribution in [0.15, 0.2) is 103 Å². The van der Waals surface area contributed by atoms with Gasteiger partial charge in [-0.1, -0.05) is 42.5 Å². The maximum atomic E-state index is 14.4. The molecule has 1 N–H and O–H groups in total. The van der Waals surface area contributed by atoms with E-state index < -0.39 is 16.9 Å². The lowest BCUT2D eigenvalue weighted by molar-refractivity contribution is -0.763. The van der Waals surface area contributed by atoms with E-state index >= 15 is 0 Å². The molecule has 6 rings (SSSR count). The highest BCUT2D eigenvalue weighted by molar-refractivity contribution is 5.88. The molecule has 0 unspecified atom stereocenters. The van der Waals surface area contributed by atoms with Gasteiger partial charge in [-0.25, -0.2) is 14.2 Å². The average Bonchev–Trinajstić information content (AvgIpc) is 3.34. The third-order valence-corrected chi connectivity index (χ3v) is 7.28. The van der Waals surface area contributed by atoms with Crippen LogP contribution in [-0.2, 0) is 31.0 Å². The number of fused-ring (bicyclic) bond motifs is 2. The van der Waals surface area contributed by atoms with E-state index in [9.17, 15) is 24.4 Å². The van der Waals surface area contributed by atoms with Crippen LogP contribution in [0, 0.1) is 15.9 Å². The molecule has 10 heteroatoms. The zero-order chi connectivity index (χ0) is 30.6. The fraction of sp³-hybridized carbons (Fsp3) is 0.118. The highest BCUT2D eigenvalue weighted by Gasteiger charge is 2.14. The average molecular weight is 592 g/mol. The third-order valence-electron chi connectivity index (χ3n) is 7.28. The number of hydrogen-bond acceptors (Lipinski definition) is 6. The van der Waals surface area contributed by atoms with Gasteiger partial charge in [0.2, 0.25) is 0 Å². The van der Waals surface area contributed by atoms with E-state index in [1.807, 2.05) is 65.4 Å². The Kier molecular flexibility index (Phi) is 7.88. The van der Waals surface area contributed by atoms with Crippen LogP contribution in [-0.4, -0.2) is 25.7 Å². The topological polar surface area (TPSA) is 117 Å². The Balaban J connectivity index is 1.31. The Bertz CT molecular complexity index is 2010. The smallest absolute Gasteiger partial charge is 0.335 e. The first kappa shape index (κ1) is 28.4. The minimum absolute atomic E-state index is 0.206. The SMILES string of the molecule is O=C(O)c1ccc(Cc2cn(Cc3cc(F)cc(CO[N+](=O)[O-])c3)c3ccc(OCc4ccc5ccccc5n4)cc23)cc1. The number of para-hydroxylation sites is 1. The van der Waals surface area contributed by atoms with Crippen LogP contribution in [0.3, 0.4) is 0 Å². The van der Waals surface area contributed by atoms with Crippen molar-refractivity contribution in [2.75, 3.05) is 0 Å². The number of aromatic carboxylic acids is 1. The number of hydrogen-bond donors (Lipinski definition) is 1. The lowest BCUT2D eigenvalue weighted by Gasteiger charge is -2.10. The Morgan fingerprint density at radius 1 is 0.909 bits per heavy atom. The number of carboxylic acid groups (broad SMARTS) is 1. The molecule has 9 nitrogen and oxygen atoms in total. The highest BCUT2D eigenvalue weighted by atomic mass is 19.1. The van der Waals surface area contributed by atoms with Gasteiger partial charge in [-0.05, 0) is 83.3 Å². The first-order valence-corrected chi connectivity index (χ1v) is 13.8. The first-order chi connectivity index (χ1) is 21.3. The van der Waals surface area contributed by atoms with Crippen molar-refractivity contribution in [3.05, 3.63) is 153 Å². The Labute approximate surface area is 250 Å². The van der Waals surface area contributed by atoms with E-state index in [0.29, 0.717) is 29.8 Å². The lowest BCUT2D eigenvalue weighted by Crippen LogP contribution is -2.03. The number of ether oxygens (including phenoxy) is 1. The summed E-state index contributed by atoms with van der Waals surface area (Å²) >= 11 is 0. The van der Waals surface area contributed by atoms with E-state index in [4.69, 9.17) is 4.74 Å². The van der Waals surface area contributed by atoms with Gasteiger partial charge in [0.25, 0.3) is 5.09 Å². The number of carbonyl (C=O) groups is 1. The van der Waals surface area contributed by atoms with Gasteiger partial charge >= 0.3 is 5.97 Å². The number of nitrogens with zero attached hydrogens (tertiary/aromatic N) is 3. The summed E-state index contributed by atoms with van der Waals surface area (Å²) in [5.41, 5.74) is 5.62. The summed E-state index contributed by atoms with van der Waals surface area (Å²) in [5.74, 6) is -0.857. The van der Waals surface area contributed by atoms with Gasteiger partial charge in [0.05, 0.1) is 16.8 Å². The summed E-state index contributed by atoms with van der Waals surface area (Å²) in [6.45, 7) is 0.231. The molecule has 0 atom stereocenters. The summed E-state index contributed by atoms with van der Waals surface area (Å²) in [6.07, 6.45) is 2.49. The van der Waals surface area contributed by atoms with E-state index in [0.717, 1.165) is 38.6 Å². The zero-order valence-corrected chi connectivity index (χ0v) is 23.4. The van der Waals surface area contributed by atoms with Crippen LogP contribution in [0.1, 0.15) is 38.3 Å². The molecule has 0 aliphatic carbocycles. The molecule has 0 saturated carbocycles. The molecule has 0 aliphatic heterocycles. The van der Waals surface area contributed by atoms with Crippen LogP contribution in [0.2, 0.25) is 0 Å². The van der Waals surface area contributed by atoms with Crippen LogP contribution in [0.4, 0.5) is 4.39 Å². The predicted molar refractivity (Wildman–Crippen MR) is 162 cm³/mol. The van der Waals surface area contributed by atoms with E-state index in [1.54, 1.807) is 30.3 Å². The quantitative estimate of drug-likeness (QED) is 0.128. The van der Waals surface area contributed by atoms with Gasteiger partial charge in [0.15, 0.2) is 0 Å². The van der Waals surface area contributed by atoms with Crippen molar-refractivity contribution < 1.29 is 29.0 Å². The molecule has 4 aromatic carbocycles. The number of pyridine rings is 1. The maximum Gasteiger partial charge on any atom is 0.335 e. The van der Waals surface area contributed by atoms with Crippen molar-refractivity contribution >= 4 is 27.8 Å². The van der Waals surface area contributed by atoms with Crippen molar-refractivity contribution in [1.82, 2.24) is 9.55 Å². The first-order valence-electron chi connectivity index (χ1n) is 13.8. The fourth-order valence-corrected chi connectivity index (χ4v) is 5.26. The summed E-state index contributed by atoms with van der Waals surface area (Å²) in [7, 11) is 0. The second-order valence-corrected chi connectivity index (χ2v) is 10.4. The van der Waals surface area contributed by atoms with Gasteiger partial charge in [-0.3, -0.25) is 0 Å². The minimum atomic E-state index is -0.992. The summed E-state index contributed by atoms with van der Waals surface area (Å²) < 4.78 is 22.5. The predicted octanol–water partition coefficient (Wildman–Crippen LogP) is 6.95. The van der Waals surface area contributed by atoms with Gasteiger partial charge in [0.1, 0.15) is 24.8 Å². The normalized spacial score (nSPS) is 11.1. The summed E-state index contributed by atoms with van der Waals surface area (Å²) in [6, 6.07) is 28.6. The number of carboxylic acids is 1. The monoisotopic (exact) mass is 591 g/mol. The van der Waals surface area contributed by atoms with Crippen LogP contribution >= 0.6 is 0 Å². The van der Waals surface area contributed by atoms with Gasteiger partial charge in [-0.15, -0.1) is 10.1 Å². The fourth-order valence-electron chi connectivity index (χ4n) is 5.26. The van der Waals surface area contributed by atoms with Crippen molar-refractivity contribution in [1.29, 1.82) is 0 Å². The van der Waals surface area contributed by atoms with Crippen molar-refractivity contribution in [2.45, 2.75) is 26.2 Å². The van der Waals surface area contributed by atoms with Crippen LogP contribution < -0.4 is 4.74 Å². The van der Waals surface area contributed by atoms with Crippen LogP contribution in [0.5, 0.6) is 5.75 Å². The Morgan fingerprint density at radius 3 is 2.50 bits per heavy atom. The number of aromatic nitrogens is 2. The van der Waals surface area contributed by atoms with Gasteiger partial charge in [0, 0.05) is 29.0 Å². The maximum absolute atomic E-state index is 14.4. The molecule has 6 aromatic rings. The molecule has 220 valence electrons. The van der Waals surface area contributed by atoms with Crippen molar-refractivity contribution in [3.8, 4) is 5.75 Å². The molecule has 2 aromatic heterocycles. The van der Waals surface area contributed by atoms with Crippen molar-refractivity contribution in [3.63, 3.8) is 0 Å². The Hall–Kier alpha value is -5.77. The third kappa shape index (κ3) is 6.49. The zero-order valence-electron chi connectivity index (χ0n) is 23.4. The molecule has 0 amide bonds. The highest BCUT2D eigenvalue weighted by Crippen LogP contribution is 2.30. The van der Waals surface area contributed by atoms with Crippen molar-refractivity contribution in [2.24, 2.45) is 0 Å². The molecular weight excluding hydrogens is 565 g/mol. The lowest BCUT2D eigenvalue weighted by atomic mass is 10.0. The van der Waals surface area contributed by atoms with Gasteiger partial charge < -0.3 is 19.2 Å². The second-order valence-electron chi connectivity index (χ2n) is 10.4. The molecule has 0 fully saturated rings. The molecular formula is C34H26FN3O6. The van der Waals surface area contributed by atoms with E-state index in [1.165, 1.54) is 12.1 Å². The number of halogens is 1. The second kappa shape index (κ2) is 12.2. The van der Waals surface area contributed by atoms with Gasteiger partial charge in [-0.2, -0.15) is 0 Å². The molecule has 0 spiro atoms. The molecule has 0 radical (unpaired) electrons. The molecule has 44 heavy (non-hydrogen) atoms. The van der Waals surface area contributed by atoms with E-state index in [2.05, 4.69) is 9.82 Å². The molecule has 0 bridgehead atoms. The van der Waals surface area contributed by atoms with E-state index in [-0.39, 0.29) is 18.8 Å². The molecule has 0 saturated heterocycles. The number of benzene rings is 4.